The van der Waals surface area contributed by atoms with Crippen molar-refractivity contribution in [1.29, 1.82) is 0 Å². The van der Waals surface area contributed by atoms with Crippen LogP contribution in [0.4, 0.5) is 23.0 Å². The molecule has 0 saturated carbocycles. The van der Waals surface area contributed by atoms with Gasteiger partial charge in [0.25, 0.3) is 0 Å². The van der Waals surface area contributed by atoms with Crippen molar-refractivity contribution in [3.63, 3.8) is 0 Å². The molecule has 5 N–H and O–H groups in total. The van der Waals surface area contributed by atoms with Crippen molar-refractivity contribution in [3.05, 3.63) is 34.4 Å². The van der Waals surface area contributed by atoms with E-state index in [1.807, 2.05) is 0 Å². The Bertz CT molecular complexity index is 643. The molecule has 0 amide bonds. The number of rotatable bonds is 4. The lowest BCUT2D eigenvalue weighted by molar-refractivity contribution is -0.386. The predicted molar refractivity (Wildman–Crippen MR) is 77.6 cm³/mol. The standard InChI is InChI=1S/C11H12N6O2S/c1-14-6-3-2-4-7(10(6)17(18)19)20-11-15-8(12)5-9(13)16-11/h2-5,14H,1H3,(H4,12,13,15,16). The average Bonchev–Trinajstić information content (AvgIpc) is 2.36. The lowest BCUT2D eigenvalue weighted by Crippen LogP contribution is -2.01. The number of hydrogen-bond acceptors (Lipinski definition) is 8. The first-order valence-electron chi connectivity index (χ1n) is 5.54. The van der Waals surface area contributed by atoms with Crippen molar-refractivity contribution >= 4 is 34.8 Å². The fourth-order valence-corrected chi connectivity index (χ4v) is 2.53. The molecule has 2 rings (SSSR count). The Labute approximate surface area is 118 Å². The molecular weight excluding hydrogens is 280 g/mol. The number of para-hydroxylation sites is 1. The van der Waals surface area contributed by atoms with E-state index in [1.54, 1.807) is 25.2 Å². The Kier molecular flexibility index (Phi) is 3.89. The number of nitrogens with zero attached hydrogens (tertiary/aromatic N) is 3. The molecule has 2 aromatic rings. The minimum absolute atomic E-state index is 0.0374. The van der Waals surface area contributed by atoms with Gasteiger partial charge in [-0.25, -0.2) is 9.97 Å². The van der Waals surface area contributed by atoms with Crippen LogP contribution in [0.3, 0.4) is 0 Å². The van der Waals surface area contributed by atoms with Gasteiger partial charge in [-0.2, -0.15) is 0 Å². The maximum atomic E-state index is 11.2. The largest absolute Gasteiger partial charge is 0.383 e. The zero-order chi connectivity index (χ0) is 14.7. The highest BCUT2D eigenvalue weighted by atomic mass is 32.2. The number of nitrogens with one attached hydrogen (secondary N) is 1. The molecule has 0 fully saturated rings. The van der Waals surface area contributed by atoms with Gasteiger partial charge in [-0.05, 0) is 23.9 Å². The van der Waals surface area contributed by atoms with E-state index in [2.05, 4.69) is 15.3 Å². The number of aromatic nitrogens is 2. The molecular formula is C11H12N6O2S. The second-order valence-corrected chi connectivity index (χ2v) is 4.77. The number of nitrogen functional groups attached to an aromatic ring is 2. The quantitative estimate of drug-likeness (QED) is 0.441. The van der Waals surface area contributed by atoms with Gasteiger partial charge in [0.15, 0.2) is 5.16 Å². The molecule has 0 unspecified atom stereocenters. The van der Waals surface area contributed by atoms with Crippen LogP contribution < -0.4 is 16.8 Å². The lowest BCUT2D eigenvalue weighted by Gasteiger charge is -2.07. The summed E-state index contributed by atoms with van der Waals surface area (Å²) in [6, 6.07) is 6.36. The van der Waals surface area contributed by atoms with E-state index in [4.69, 9.17) is 11.5 Å². The van der Waals surface area contributed by atoms with Gasteiger partial charge in [0.1, 0.15) is 17.3 Å². The van der Waals surface area contributed by atoms with Crippen LogP contribution >= 0.6 is 11.8 Å². The highest BCUT2D eigenvalue weighted by Crippen LogP contribution is 2.38. The van der Waals surface area contributed by atoms with E-state index in [1.165, 1.54) is 6.07 Å². The summed E-state index contributed by atoms with van der Waals surface area (Å²) in [7, 11) is 1.62. The molecule has 0 aliphatic carbocycles. The van der Waals surface area contributed by atoms with Gasteiger partial charge in [-0.15, -0.1) is 0 Å². The molecule has 104 valence electrons. The van der Waals surface area contributed by atoms with E-state index in [9.17, 15) is 10.1 Å². The summed E-state index contributed by atoms with van der Waals surface area (Å²) in [5.74, 6) is 0.430. The summed E-state index contributed by atoms with van der Waals surface area (Å²) in [5, 5.41) is 14.2. The molecule has 0 aliphatic heterocycles. The zero-order valence-corrected chi connectivity index (χ0v) is 11.3. The smallest absolute Gasteiger partial charge is 0.306 e. The van der Waals surface area contributed by atoms with Gasteiger partial charge in [-0.3, -0.25) is 10.1 Å². The highest BCUT2D eigenvalue weighted by molar-refractivity contribution is 7.99. The SMILES string of the molecule is CNc1cccc(Sc2nc(N)cc(N)n2)c1[N+](=O)[O-]. The summed E-state index contributed by atoms with van der Waals surface area (Å²) >= 11 is 1.04. The van der Waals surface area contributed by atoms with Crippen LogP contribution in [-0.2, 0) is 0 Å². The van der Waals surface area contributed by atoms with Gasteiger partial charge < -0.3 is 16.8 Å². The molecule has 20 heavy (non-hydrogen) atoms. The van der Waals surface area contributed by atoms with Crippen LogP contribution in [0.25, 0.3) is 0 Å². The molecule has 1 heterocycles. The molecule has 0 saturated heterocycles. The summed E-state index contributed by atoms with van der Waals surface area (Å²) in [4.78, 5) is 19.1. The molecule has 0 spiro atoms. The fraction of sp³-hybridized carbons (Fsp3) is 0.0909. The van der Waals surface area contributed by atoms with Crippen LogP contribution in [0.2, 0.25) is 0 Å². The Morgan fingerprint density at radius 3 is 2.50 bits per heavy atom. The maximum absolute atomic E-state index is 11.2. The number of nitro groups is 1. The third-order valence-electron chi connectivity index (χ3n) is 2.40. The first kappa shape index (κ1) is 13.9. The molecule has 0 aliphatic rings. The third-order valence-corrected chi connectivity index (χ3v) is 3.31. The highest BCUT2D eigenvalue weighted by Gasteiger charge is 2.20. The monoisotopic (exact) mass is 292 g/mol. The van der Waals surface area contributed by atoms with Crippen LogP contribution in [0, 0.1) is 10.1 Å². The number of hydrogen-bond donors (Lipinski definition) is 3. The van der Waals surface area contributed by atoms with Crippen molar-refractivity contribution in [1.82, 2.24) is 9.97 Å². The van der Waals surface area contributed by atoms with Gasteiger partial charge in [0.2, 0.25) is 0 Å². The Balaban J connectivity index is 2.45. The average molecular weight is 292 g/mol. The third kappa shape index (κ3) is 2.88. The normalized spacial score (nSPS) is 10.2. The van der Waals surface area contributed by atoms with Crippen molar-refractivity contribution < 1.29 is 4.92 Å². The summed E-state index contributed by atoms with van der Waals surface area (Å²) in [6.45, 7) is 0. The molecule has 1 aromatic carbocycles. The fourth-order valence-electron chi connectivity index (χ4n) is 1.60. The van der Waals surface area contributed by atoms with E-state index in [-0.39, 0.29) is 22.5 Å². The van der Waals surface area contributed by atoms with E-state index >= 15 is 0 Å². The second-order valence-electron chi connectivity index (χ2n) is 3.76. The molecule has 8 nitrogen and oxygen atoms in total. The first-order valence-corrected chi connectivity index (χ1v) is 6.36. The van der Waals surface area contributed by atoms with Gasteiger partial charge >= 0.3 is 5.69 Å². The summed E-state index contributed by atoms with van der Waals surface area (Å²) in [5.41, 5.74) is 11.5. The van der Waals surface area contributed by atoms with Crippen molar-refractivity contribution in [2.24, 2.45) is 0 Å². The minimum Gasteiger partial charge on any atom is -0.383 e. The molecule has 0 radical (unpaired) electrons. The van der Waals surface area contributed by atoms with Crippen molar-refractivity contribution in [2.75, 3.05) is 23.8 Å². The van der Waals surface area contributed by atoms with Crippen LogP contribution in [0.15, 0.2) is 34.3 Å². The van der Waals surface area contributed by atoms with E-state index in [0.717, 1.165) is 11.8 Å². The predicted octanol–water partition coefficient (Wildman–Crippen LogP) is 1.74. The zero-order valence-electron chi connectivity index (χ0n) is 10.5. The van der Waals surface area contributed by atoms with E-state index < -0.39 is 4.92 Å². The van der Waals surface area contributed by atoms with E-state index in [0.29, 0.717) is 10.6 Å². The number of benzene rings is 1. The molecule has 9 heteroatoms. The van der Waals surface area contributed by atoms with Crippen LogP contribution in [0.5, 0.6) is 0 Å². The number of nitrogens with two attached hydrogens (primary N) is 2. The topological polar surface area (TPSA) is 133 Å². The van der Waals surface area contributed by atoms with Crippen LogP contribution in [-0.4, -0.2) is 21.9 Å². The van der Waals surface area contributed by atoms with Gasteiger partial charge in [0.05, 0.1) is 9.82 Å². The van der Waals surface area contributed by atoms with Crippen molar-refractivity contribution in [3.8, 4) is 0 Å². The maximum Gasteiger partial charge on any atom is 0.306 e. The lowest BCUT2D eigenvalue weighted by atomic mass is 10.3. The van der Waals surface area contributed by atoms with Gasteiger partial charge in [-0.1, -0.05) is 6.07 Å². The Hall–Kier alpha value is -2.55. The first-order chi connectivity index (χ1) is 9.51. The number of nitro benzene ring substituents is 1. The molecule has 1 aromatic heterocycles. The minimum atomic E-state index is -0.455. The Morgan fingerprint density at radius 2 is 1.95 bits per heavy atom. The van der Waals surface area contributed by atoms with Crippen molar-refractivity contribution in [2.45, 2.75) is 10.1 Å². The second kappa shape index (κ2) is 5.61. The molecule has 0 atom stereocenters. The number of anilines is 3. The van der Waals surface area contributed by atoms with Crippen LogP contribution in [0.1, 0.15) is 0 Å². The summed E-state index contributed by atoms with van der Waals surface area (Å²) in [6.07, 6.45) is 0. The molecule has 0 bridgehead atoms. The summed E-state index contributed by atoms with van der Waals surface area (Å²) < 4.78 is 0. The Morgan fingerprint density at radius 1 is 1.30 bits per heavy atom. The van der Waals surface area contributed by atoms with Gasteiger partial charge in [0, 0.05) is 13.1 Å².